The average molecular weight is 143 g/mol. The van der Waals surface area contributed by atoms with Crippen LogP contribution in [0.5, 0.6) is 0 Å². The van der Waals surface area contributed by atoms with Gasteiger partial charge in [0.05, 0.1) is 0 Å². The first-order valence-electron chi connectivity index (χ1n) is 3.68. The van der Waals surface area contributed by atoms with Gasteiger partial charge in [-0.05, 0) is 19.3 Å². The van der Waals surface area contributed by atoms with E-state index in [2.05, 4.69) is 0 Å². The molecule has 1 aliphatic heterocycles. The second-order valence-corrected chi connectivity index (χ2v) is 2.64. The summed E-state index contributed by atoms with van der Waals surface area (Å²) in [5.41, 5.74) is 5.14. The summed E-state index contributed by atoms with van der Waals surface area (Å²) in [5, 5.41) is 0. The maximum Gasteiger partial charge on any atom is 0.220 e. The molecule has 0 spiro atoms. The van der Waals surface area contributed by atoms with Crippen molar-refractivity contribution >= 4 is 5.91 Å². The largest absolute Gasteiger partial charge is 0.381 e. The third-order valence-corrected chi connectivity index (χ3v) is 1.85. The summed E-state index contributed by atoms with van der Waals surface area (Å²) in [7, 11) is 0. The van der Waals surface area contributed by atoms with Gasteiger partial charge in [0.15, 0.2) is 0 Å². The van der Waals surface area contributed by atoms with Crippen LogP contribution in [-0.4, -0.2) is 19.1 Å². The smallest absolute Gasteiger partial charge is 0.220 e. The van der Waals surface area contributed by atoms with Gasteiger partial charge in [0, 0.05) is 19.1 Å². The number of nitrogens with two attached hydrogens (primary N) is 1. The average Bonchev–Trinajstić information content (AvgIpc) is 2.12. The van der Waals surface area contributed by atoms with E-state index >= 15 is 0 Å². The lowest BCUT2D eigenvalue weighted by Gasteiger charge is -2.06. The summed E-state index contributed by atoms with van der Waals surface area (Å²) >= 11 is 0. The van der Waals surface area contributed by atoms with Gasteiger partial charge in [0.1, 0.15) is 0 Å². The Balaban J connectivity index is 2.35. The Morgan fingerprint density at radius 1 is 1.40 bits per heavy atom. The third kappa shape index (κ3) is 1.99. The van der Waals surface area contributed by atoms with Gasteiger partial charge in [-0.25, -0.2) is 0 Å². The molecule has 58 valence electrons. The zero-order valence-corrected chi connectivity index (χ0v) is 6.01. The fourth-order valence-electron chi connectivity index (χ4n) is 1.19. The van der Waals surface area contributed by atoms with E-state index in [1.807, 2.05) is 0 Å². The van der Waals surface area contributed by atoms with Crippen LogP contribution in [0.25, 0.3) is 0 Å². The van der Waals surface area contributed by atoms with Gasteiger partial charge in [-0.3, -0.25) is 4.79 Å². The lowest BCUT2D eigenvalue weighted by molar-refractivity contribution is -0.122. The van der Waals surface area contributed by atoms with Crippen LogP contribution in [0.3, 0.4) is 0 Å². The number of rotatable bonds is 1. The standard InChI is InChI=1S/C7H13NO2/c8-7(9)6-2-1-4-10-5-3-6/h6H,1-5H2,(H2,8,9). The maximum atomic E-state index is 10.7. The Hall–Kier alpha value is -0.570. The van der Waals surface area contributed by atoms with Crippen LogP contribution in [0.15, 0.2) is 0 Å². The van der Waals surface area contributed by atoms with Crippen LogP contribution in [0.1, 0.15) is 19.3 Å². The second-order valence-electron chi connectivity index (χ2n) is 2.64. The number of hydrogen-bond donors (Lipinski definition) is 1. The predicted molar refractivity (Wildman–Crippen MR) is 37.4 cm³/mol. The fraction of sp³-hybridized carbons (Fsp3) is 0.857. The highest BCUT2D eigenvalue weighted by molar-refractivity contribution is 5.76. The van der Waals surface area contributed by atoms with E-state index in [0.29, 0.717) is 6.61 Å². The number of carbonyl (C=O) groups excluding carboxylic acids is 1. The van der Waals surface area contributed by atoms with Crippen molar-refractivity contribution in [3.63, 3.8) is 0 Å². The zero-order chi connectivity index (χ0) is 7.40. The maximum absolute atomic E-state index is 10.7. The molecule has 1 saturated heterocycles. The summed E-state index contributed by atoms with van der Waals surface area (Å²) in [6.07, 6.45) is 2.66. The molecule has 1 heterocycles. The third-order valence-electron chi connectivity index (χ3n) is 1.85. The molecular weight excluding hydrogens is 130 g/mol. The molecule has 3 heteroatoms. The molecule has 0 saturated carbocycles. The van der Waals surface area contributed by atoms with Gasteiger partial charge in [-0.2, -0.15) is 0 Å². The van der Waals surface area contributed by atoms with Crippen molar-refractivity contribution in [2.45, 2.75) is 19.3 Å². The van der Waals surface area contributed by atoms with Gasteiger partial charge in [-0.15, -0.1) is 0 Å². The normalized spacial score (nSPS) is 27.4. The molecule has 1 atom stereocenters. The van der Waals surface area contributed by atoms with E-state index in [0.717, 1.165) is 25.9 Å². The number of ether oxygens (including phenoxy) is 1. The molecule has 3 nitrogen and oxygen atoms in total. The predicted octanol–water partition coefficient (Wildman–Crippen LogP) is 0.288. The molecule has 1 fully saturated rings. The Labute approximate surface area is 60.5 Å². The number of primary amides is 1. The minimum Gasteiger partial charge on any atom is -0.381 e. The van der Waals surface area contributed by atoms with Crippen molar-refractivity contribution in [2.24, 2.45) is 11.7 Å². The van der Waals surface area contributed by atoms with Gasteiger partial charge in [0.25, 0.3) is 0 Å². The molecule has 2 N–H and O–H groups in total. The molecule has 1 unspecified atom stereocenters. The number of amides is 1. The summed E-state index contributed by atoms with van der Waals surface area (Å²) in [5.74, 6) is -0.118. The lowest BCUT2D eigenvalue weighted by atomic mass is 10.0. The zero-order valence-electron chi connectivity index (χ0n) is 6.01. The molecule has 0 bridgehead atoms. The summed E-state index contributed by atoms with van der Waals surface area (Å²) in [4.78, 5) is 10.7. The molecular formula is C7H13NO2. The molecule has 1 aliphatic rings. The Bertz CT molecular complexity index is 117. The molecule has 1 amide bonds. The number of hydrogen-bond acceptors (Lipinski definition) is 2. The molecule has 10 heavy (non-hydrogen) atoms. The fourth-order valence-corrected chi connectivity index (χ4v) is 1.19. The van der Waals surface area contributed by atoms with Gasteiger partial charge >= 0.3 is 0 Å². The summed E-state index contributed by atoms with van der Waals surface area (Å²) < 4.78 is 5.17. The second kappa shape index (κ2) is 3.56. The van der Waals surface area contributed by atoms with E-state index in [9.17, 15) is 4.79 Å². The van der Waals surface area contributed by atoms with Crippen LogP contribution < -0.4 is 5.73 Å². The van der Waals surface area contributed by atoms with E-state index in [4.69, 9.17) is 10.5 Å². The van der Waals surface area contributed by atoms with Crippen LogP contribution in [-0.2, 0) is 9.53 Å². The van der Waals surface area contributed by atoms with Gasteiger partial charge < -0.3 is 10.5 Å². The highest BCUT2D eigenvalue weighted by Gasteiger charge is 2.16. The van der Waals surface area contributed by atoms with E-state index < -0.39 is 0 Å². The first-order valence-corrected chi connectivity index (χ1v) is 3.68. The van der Waals surface area contributed by atoms with Crippen LogP contribution >= 0.6 is 0 Å². The van der Waals surface area contributed by atoms with Gasteiger partial charge in [0.2, 0.25) is 5.91 Å². The first-order chi connectivity index (χ1) is 4.80. The van der Waals surface area contributed by atoms with E-state index in [-0.39, 0.29) is 11.8 Å². The molecule has 0 aliphatic carbocycles. The monoisotopic (exact) mass is 143 g/mol. The quantitative estimate of drug-likeness (QED) is 0.573. The Kier molecular flexibility index (Phi) is 2.68. The van der Waals surface area contributed by atoms with Crippen molar-refractivity contribution in [1.29, 1.82) is 0 Å². The topological polar surface area (TPSA) is 52.3 Å². The van der Waals surface area contributed by atoms with Crippen LogP contribution in [0, 0.1) is 5.92 Å². The number of carbonyl (C=O) groups is 1. The molecule has 0 aromatic heterocycles. The minimum absolute atomic E-state index is 0.0579. The van der Waals surface area contributed by atoms with E-state index in [1.54, 1.807) is 0 Å². The van der Waals surface area contributed by atoms with Crippen molar-refractivity contribution in [1.82, 2.24) is 0 Å². The summed E-state index contributed by atoms with van der Waals surface area (Å²) in [6, 6.07) is 0. The highest BCUT2D eigenvalue weighted by atomic mass is 16.5. The molecule has 0 aromatic carbocycles. The van der Waals surface area contributed by atoms with E-state index in [1.165, 1.54) is 0 Å². The SMILES string of the molecule is NC(=O)C1CCCOCC1. The molecule has 1 rings (SSSR count). The van der Waals surface area contributed by atoms with Gasteiger partial charge in [-0.1, -0.05) is 0 Å². The Morgan fingerprint density at radius 3 is 2.90 bits per heavy atom. The van der Waals surface area contributed by atoms with Crippen LogP contribution in [0.4, 0.5) is 0 Å². The summed E-state index contributed by atoms with van der Waals surface area (Å²) in [6.45, 7) is 1.47. The van der Waals surface area contributed by atoms with Crippen molar-refractivity contribution < 1.29 is 9.53 Å². The highest BCUT2D eigenvalue weighted by Crippen LogP contribution is 2.14. The molecule has 0 aromatic rings. The minimum atomic E-state index is -0.175. The van der Waals surface area contributed by atoms with Crippen molar-refractivity contribution in [3.05, 3.63) is 0 Å². The Morgan fingerprint density at radius 2 is 2.20 bits per heavy atom. The van der Waals surface area contributed by atoms with Crippen molar-refractivity contribution in [2.75, 3.05) is 13.2 Å². The van der Waals surface area contributed by atoms with Crippen LogP contribution in [0.2, 0.25) is 0 Å². The first kappa shape index (κ1) is 7.54. The lowest BCUT2D eigenvalue weighted by Crippen LogP contribution is -2.23. The molecule has 0 radical (unpaired) electrons. The van der Waals surface area contributed by atoms with Crippen molar-refractivity contribution in [3.8, 4) is 0 Å².